The normalized spacial score (nSPS) is 14.3. The van der Waals surface area contributed by atoms with Crippen molar-refractivity contribution in [1.82, 2.24) is 0 Å². The van der Waals surface area contributed by atoms with Crippen LogP contribution in [0.15, 0.2) is 29.9 Å². The zero-order valence-electron chi connectivity index (χ0n) is 13.0. The van der Waals surface area contributed by atoms with Gasteiger partial charge in [0, 0.05) is 0 Å². The van der Waals surface area contributed by atoms with E-state index in [4.69, 9.17) is 5.26 Å². The van der Waals surface area contributed by atoms with Crippen LogP contribution in [0.5, 0.6) is 0 Å². The molecule has 0 N–H and O–H groups in total. The summed E-state index contributed by atoms with van der Waals surface area (Å²) in [5.41, 5.74) is 2.37. The van der Waals surface area contributed by atoms with Gasteiger partial charge in [-0.3, -0.25) is 0 Å². The molecule has 22 heavy (non-hydrogen) atoms. The molecule has 0 spiro atoms. The maximum atomic E-state index is 13.7. The number of unbranched alkanes of at least 4 members (excludes halogenated alkanes) is 3. The van der Waals surface area contributed by atoms with Gasteiger partial charge in [-0.1, -0.05) is 43.9 Å². The Morgan fingerprint density at radius 2 is 1.77 bits per heavy atom. The van der Waals surface area contributed by atoms with Gasteiger partial charge in [0.05, 0.1) is 0 Å². The molecule has 0 aliphatic heterocycles. The van der Waals surface area contributed by atoms with Gasteiger partial charge in [0.2, 0.25) is 0 Å². The van der Waals surface area contributed by atoms with Gasteiger partial charge in [-0.2, -0.15) is 5.26 Å². The minimum atomic E-state index is -0.784. The van der Waals surface area contributed by atoms with Gasteiger partial charge in [0.1, 0.15) is 23.3 Å². The SMILES string of the molecule is CCCCCCC1=CC=C(c2cc(F)c(C#N)c(F)c2)CC1. The summed E-state index contributed by atoms with van der Waals surface area (Å²) in [6.07, 6.45) is 11.9. The highest BCUT2D eigenvalue weighted by Crippen LogP contribution is 2.30. The smallest absolute Gasteiger partial charge is 0.144 e. The van der Waals surface area contributed by atoms with E-state index in [9.17, 15) is 8.78 Å². The Hall–Kier alpha value is -1.95. The Balaban J connectivity index is 2.07. The minimum Gasteiger partial charge on any atom is -0.205 e. The first kappa shape index (κ1) is 16.4. The van der Waals surface area contributed by atoms with Crippen molar-refractivity contribution in [2.75, 3.05) is 0 Å². The molecule has 0 amide bonds. The van der Waals surface area contributed by atoms with Crippen molar-refractivity contribution < 1.29 is 8.78 Å². The Labute approximate surface area is 131 Å². The maximum Gasteiger partial charge on any atom is 0.144 e. The molecule has 0 heterocycles. The van der Waals surface area contributed by atoms with E-state index in [0.29, 0.717) is 5.56 Å². The van der Waals surface area contributed by atoms with Crippen LogP contribution in [-0.4, -0.2) is 0 Å². The first-order chi connectivity index (χ1) is 10.7. The van der Waals surface area contributed by atoms with Gasteiger partial charge in [-0.15, -0.1) is 0 Å². The van der Waals surface area contributed by atoms with E-state index < -0.39 is 17.2 Å². The summed E-state index contributed by atoms with van der Waals surface area (Å²) in [6.45, 7) is 2.20. The van der Waals surface area contributed by atoms with Crippen molar-refractivity contribution in [2.24, 2.45) is 0 Å². The van der Waals surface area contributed by atoms with Crippen LogP contribution in [0.4, 0.5) is 8.78 Å². The Kier molecular flexibility index (Phi) is 5.89. The summed E-state index contributed by atoms with van der Waals surface area (Å²) in [6, 6.07) is 4.07. The number of nitrogens with zero attached hydrogens (tertiary/aromatic N) is 1. The van der Waals surface area contributed by atoms with Gasteiger partial charge in [0.15, 0.2) is 0 Å². The molecule has 0 aromatic heterocycles. The van der Waals surface area contributed by atoms with Crippen molar-refractivity contribution in [3.8, 4) is 6.07 Å². The van der Waals surface area contributed by atoms with Crippen LogP contribution in [0.25, 0.3) is 5.57 Å². The molecule has 1 aromatic carbocycles. The highest BCUT2D eigenvalue weighted by Gasteiger charge is 2.14. The fraction of sp³-hybridized carbons (Fsp3) is 0.421. The summed E-state index contributed by atoms with van der Waals surface area (Å²) in [5, 5.41) is 8.70. The molecule has 0 radical (unpaired) electrons. The fourth-order valence-electron chi connectivity index (χ4n) is 2.77. The van der Waals surface area contributed by atoms with E-state index in [2.05, 4.69) is 13.0 Å². The number of hydrogen-bond acceptors (Lipinski definition) is 1. The third-order valence-corrected chi connectivity index (χ3v) is 4.11. The second-order valence-corrected chi connectivity index (χ2v) is 5.75. The Bertz CT molecular complexity index is 612. The van der Waals surface area contributed by atoms with E-state index in [1.807, 2.05) is 6.08 Å². The van der Waals surface area contributed by atoms with Crippen molar-refractivity contribution in [1.29, 1.82) is 5.26 Å². The lowest BCUT2D eigenvalue weighted by Crippen LogP contribution is -1.98. The molecule has 1 aromatic rings. The molecule has 0 fully saturated rings. The molecule has 1 aliphatic rings. The number of nitriles is 1. The second-order valence-electron chi connectivity index (χ2n) is 5.75. The summed E-state index contributed by atoms with van der Waals surface area (Å²) in [4.78, 5) is 0. The molecule has 0 saturated carbocycles. The second kappa shape index (κ2) is 7.89. The molecule has 2 rings (SSSR count). The molecule has 0 unspecified atom stereocenters. The zero-order chi connectivity index (χ0) is 15.9. The quantitative estimate of drug-likeness (QED) is 0.599. The van der Waals surface area contributed by atoms with Crippen LogP contribution in [0.2, 0.25) is 0 Å². The van der Waals surface area contributed by atoms with Crippen LogP contribution in [0.3, 0.4) is 0 Å². The number of hydrogen-bond donors (Lipinski definition) is 0. The number of halogens is 2. The molecule has 116 valence electrons. The van der Waals surface area contributed by atoms with Crippen LogP contribution in [-0.2, 0) is 0 Å². The fourth-order valence-corrected chi connectivity index (χ4v) is 2.77. The van der Waals surface area contributed by atoms with Gasteiger partial charge < -0.3 is 0 Å². The van der Waals surface area contributed by atoms with Crippen LogP contribution < -0.4 is 0 Å². The predicted octanol–water partition coefficient (Wildman–Crippen LogP) is 5.91. The lowest BCUT2D eigenvalue weighted by molar-refractivity contribution is 0.576. The van der Waals surface area contributed by atoms with Gasteiger partial charge in [-0.25, -0.2) is 8.78 Å². The summed E-state index contributed by atoms with van der Waals surface area (Å²) >= 11 is 0. The van der Waals surface area contributed by atoms with E-state index in [0.717, 1.165) is 24.8 Å². The average molecular weight is 301 g/mol. The van der Waals surface area contributed by atoms with Crippen molar-refractivity contribution in [2.45, 2.75) is 51.9 Å². The number of benzene rings is 1. The summed E-state index contributed by atoms with van der Waals surface area (Å²) in [5.74, 6) is -1.57. The zero-order valence-corrected chi connectivity index (χ0v) is 13.0. The van der Waals surface area contributed by atoms with E-state index in [1.165, 1.54) is 43.4 Å². The molecular formula is C19H21F2N. The minimum absolute atomic E-state index is 0.507. The molecular weight excluding hydrogens is 280 g/mol. The topological polar surface area (TPSA) is 23.8 Å². The van der Waals surface area contributed by atoms with Gasteiger partial charge in [-0.05, 0) is 49.0 Å². The standard InChI is InChI=1S/C19H21F2N/c1-2-3-4-5-6-14-7-9-15(10-8-14)16-11-18(20)17(13-22)19(21)12-16/h7,9,11-12H,2-6,8,10H2,1H3. The average Bonchev–Trinajstić information content (AvgIpc) is 2.52. The van der Waals surface area contributed by atoms with Crippen molar-refractivity contribution >= 4 is 5.57 Å². The number of allylic oxidation sites excluding steroid dienone is 4. The maximum absolute atomic E-state index is 13.7. The molecule has 0 saturated heterocycles. The Morgan fingerprint density at radius 1 is 1.05 bits per heavy atom. The lowest BCUT2D eigenvalue weighted by atomic mass is 9.90. The summed E-state index contributed by atoms with van der Waals surface area (Å²) in [7, 11) is 0. The van der Waals surface area contributed by atoms with Crippen LogP contribution in [0.1, 0.15) is 63.0 Å². The van der Waals surface area contributed by atoms with Crippen LogP contribution in [0, 0.1) is 23.0 Å². The highest BCUT2D eigenvalue weighted by atomic mass is 19.1. The predicted molar refractivity (Wildman–Crippen MR) is 85.1 cm³/mol. The first-order valence-corrected chi connectivity index (χ1v) is 7.93. The molecule has 3 heteroatoms. The summed E-state index contributed by atoms with van der Waals surface area (Å²) < 4.78 is 27.4. The molecule has 1 aliphatic carbocycles. The van der Waals surface area contributed by atoms with E-state index >= 15 is 0 Å². The van der Waals surface area contributed by atoms with Gasteiger partial charge >= 0.3 is 0 Å². The molecule has 1 nitrogen and oxygen atoms in total. The highest BCUT2D eigenvalue weighted by molar-refractivity contribution is 5.69. The third kappa shape index (κ3) is 4.04. The van der Waals surface area contributed by atoms with Gasteiger partial charge in [0.25, 0.3) is 0 Å². The Morgan fingerprint density at radius 3 is 2.32 bits per heavy atom. The monoisotopic (exact) mass is 301 g/mol. The molecule has 0 atom stereocenters. The van der Waals surface area contributed by atoms with Crippen molar-refractivity contribution in [3.63, 3.8) is 0 Å². The van der Waals surface area contributed by atoms with E-state index in [-0.39, 0.29) is 0 Å². The largest absolute Gasteiger partial charge is 0.205 e. The van der Waals surface area contributed by atoms with Crippen molar-refractivity contribution in [3.05, 3.63) is 52.6 Å². The third-order valence-electron chi connectivity index (χ3n) is 4.11. The molecule has 0 bridgehead atoms. The van der Waals surface area contributed by atoms with E-state index in [1.54, 1.807) is 6.07 Å². The lowest BCUT2D eigenvalue weighted by Gasteiger charge is -2.15. The van der Waals surface area contributed by atoms with Crippen LogP contribution >= 0.6 is 0 Å². The number of rotatable bonds is 6. The first-order valence-electron chi connectivity index (χ1n) is 7.93.